The minimum absolute atomic E-state index is 0.561. The Morgan fingerprint density at radius 3 is 2.92 bits per heavy atom. The molecular formula is C7H9N5. The molecule has 0 aliphatic carbocycles. The largest absolute Gasteiger partial charge is 0.384 e. The molecule has 2 rings (SSSR count). The highest BCUT2D eigenvalue weighted by Gasteiger charge is 2.04. The number of hydrogen-bond donors (Lipinski definition) is 2. The number of aromatic nitrogens is 4. The zero-order chi connectivity index (χ0) is 8.55. The van der Waals surface area contributed by atoms with Gasteiger partial charge in [-0.25, -0.2) is 4.98 Å². The van der Waals surface area contributed by atoms with E-state index in [9.17, 15) is 0 Å². The number of hydrogen-bond acceptors (Lipinski definition) is 3. The molecule has 0 amide bonds. The van der Waals surface area contributed by atoms with Crippen molar-refractivity contribution in [3.63, 3.8) is 0 Å². The number of nitrogens with one attached hydrogen (secondary N) is 1. The number of nitrogens with two attached hydrogens (primary N) is 1. The number of anilines is 1. The van der Waals surface area contributed by atoms with E-state index in [2.05, 4.69) is 15.1 Å². The summed E-state index contributed by atoms with van der Waals surface area (Å²) < 4.78 is 1.73. The first kappa shape index (κ1) is 6.90. The fourth-order valence-electron chi connectivity index (χ4n) is 1.07. The Hall–Kier alpha value is -1.78. The molecule has 0 saturated heterocycles. The van der Waals surface area contributed by atoms with Crippen LogP contribution in [0.25, 0.3) is 11.5 Å². The summed E-state index contributed by atoms with van der Waals surface area (Å²) in [6.45, 7) is 0. The van der Waals surface area contributed by atoms with Crippen LogP contribution < -0.4 is 5.73 Å². The quantitative estimate of drug-likeness (QED) is 0.638. The van der Waals surface area contributed by atoms with Gasteiger partial charge in [0.05, 0.1) is 6.20 Å². The lowest BCUT2D eigenvalue weighted by Gasteiger charge is -1.95. The van der Waals surface area contributed by atoms with Crippen LogP contribution in [0.1, 0.15) is 0 Å². The molecule has 12 heavy (non-hydrogen) atoms. The van der Waals surface area contributed by atoms with Crippen molar-refractivity contribution in [2.45, 2.75) is 0 Å². The maximum atomic E-state index is 5.49. The molecular weight excluding hydrogens is 154 g/mol. The average molecular weight is 163 g/mol. The minimum Gasteiger partial charge on any atom is -0.384 e. The van der Waals surface area contributed by atoms with Gasteiger partial charge in [0.25, 0.3) is 0 Å². The molecule has 0 saturated carbocycles. The van der Waals surface area contributed by atoms with E-state index in [0.717, 1.165) is 11.5 Å². The van der Waals surface area contributed by atoms with E-state index < -0.39 is 0 Å². The first-order valence-corrected chi connectivity index (χ1v) is 3.56. The third-order valence-electron chi connectivity index (χ3n) is 1.66. The van der Waals surface area contributed by atoms with Crippen LogP contribution in [0.15, 0.2) is 18.5 Å². The number of rotatable bonds is 1. The van der Waals surface area contributed by atoms with E-state index in [-0.39, 0.29) is 0 Å². The highest BCUT2D eigenvalue weighted by molar-refractivity contribution is 5.51. The maximum absolute atomic E-state index is 5.49. The van der Waals surface area contributed by atoms with Gasteiger partial charge in [-0.05, 0) is 6.07 Å². The third kappa shape index (κ3) is 0.952. The van der Waals surface area contributed by atoms with Gasteiger partial charge in [0.2, 0.25) is 0 Å². The van der Waals surface area contributed by atoms with Gasteiger partial charge in [0.15, 0.2) is 5.82 Å². The van der Waals surface area contributed by atoms with Gasteiger partial charge in [-0.3, -0.25) is 4.68 Å². The van der Waals surface area contributed by atoms with Crippen molar-refractivity contribution in [3.8, 4) is 11.5 Å². The van der Waals surface area contributed by atoms with E-state index in [4.69, 9.17) is 5.73 Å². The lowest BCUT2D eigenvalue weighted by atomic mass is 10.4. The topological polar surface area (TPSA) is 72.5 Å². The fraction of sp³-hybridized carbons (Fsp3) is 0.143. The maximum Gasteiger partial charge on any atom is 0.157 e. The molecule has 0 unspecified atom stereocenters. The van der Waals surface area contributed by atoms with Gasteiger partial charge in [-0.2, -0.15) is 5.10 Å². The van der Waals surface area contributed by atoms with Crippen LogP contribution in [0.5, 0.6) is 0 Å². The number of nitrogens with zero attached hydrogens (tertiary/aromatic N) is 3. The summed E-state index contributed by atoms with van der Waals surface area (Å²) in [5.74, 6) is 1.30. The van der Waals surface area contributed by atoms with E-state index in [0.29, 0.717) is 5.82 Å². The van der Waals surface area contributed by atoms with Crippen LogP contribution >= 0.6 is 0 Å². The molecule has 5 nitrogen and oxygen atoms in total. The normalized spacial score (nSPS) is 10.4. The van der Waals surface area contributed by atoms with Crippen LogP contribution in [0.4, 0.5) is 5.82 Å². The van der Waals surface area contributed by atoms with Crippen molar-refractivity contribution in [3.05, 3.63) is 18.5 Å². The second-order valence-corrected chi connectivity index (χ2v) is 2.53. The molecule has 0 atom stereocenters. The second-order valence-electron chi connectivity index (χ2n) is 2.53. The molecule has 0 bridgehead atoms. The predicted octanol–water partition coefficient (Wildman–Crippen LogP) is 0.392. The van der Waals surface area contributed by atoms with Gasteiger partial charge >= 0.3 is 0 Å². The SMILES string of the molecule is Cn1nccc1-c1ncc(N)[nH]1. The molecule has 0 aromatic carbocycles. The number of H-pyrrole nitrogens is 1. The highest BCUT2D eigenvalue weighted by Crippen LogP contribution is 2.13. The zero-order valence-corrected chi connectivity index (χ0v) is 6.65. The molecule has 0 radical (unpaired) electrons. The van der Waals surface area contributed by atoms with Crippen LogP contribution in [0.2, 0.25) is 0 Å². The summed E-state index contributed by atoms with van der Waals surface area (Å²) in [7, 11) is 1.86. The van der Waals surface area contributed by atoms with E-state index in [1.165, 1.54) is 0 Å². The molecule has 3 N–H and O–H groups in total. The molecule has 0 aliphatic heterocycles. The molecule has 0 spiro atoms. The lowest BCUT2D eigenvalue weighted by Crippen LogP contribution is -1.94. The molecule has 62 valence electrons. The predicted molar refractivity (Wildman–Crippen MR) is 45.2 cm³/mol. The van der Waals surface area contributed by atoms with E-state index >= 15 is 0 Å². The van der Waals surface area contributed by atoms with Crippen LogP contribution in [0, 0.1) is 0 Å². The summed E-state index contributed by atoms with van der Waals surface area (Å²) in [6.07, 6.45) is 3.30. The summed E-state index contributed by atoms with van der Waals surface area (Å²) >= 11 is 0. The van der Waals surface area contributed by atoms with Gasteiger partial charge in [-0.15, -0.1) is 0 Å². The van der Waals surface area contributed by atoms with Crippen molar-refractivity contribution in [2.75, 3.05) is 5.73 Å². The Labute approximate surface area is 69.2 Å². The number of aromatic amines is 1. The molecule has 0 aliphatic rings. The summed E-state index contributed by atoms with van der Waals surface area (Å²) in [5.41, 5.74) is 6.41. The smallest absolute Gasteiger partial charge is 0.157 e. The Balaban J connectivity index is 2.50. The summed E-state index contributed by atoms with van der Waals surface area (Å²) in [4.78, 5) is 7.00. The third-order valence-corrected chi connectivity index (χ3v) is 1.66. The molecule has 0 fully saturated rings. The van der Waals surface area contributed by atoms with Gasteiger partial charge in [0, 0.05) is 13.2 Å². The Kier molecular flexibility index (Phi) is 1.36. The second kappa shape index (κ2) is 2.37. The van der Waals surface area contributed by atoms with Crippen molar-refractivity contribution in [2.24, 2.45) is 7.05 Å². The van der Waals surface area contributed by atoms with Gasteiger partial charge in [0.1, 0.15) is 11.5 Å². The monoisotopic (exact) mass is 163 g/mol. The van der Waals surface area contributed by atoms with Crippen LogP contribution in [0.3, 0.4) is 0 Å². The van der Waals surface area contributed by atoms with Crippen LogP contribution in [-0.2, 0) is 7.05 Å². The van der Waals surface area contributed by atoms with E-state index in [1.807, 2.05) is 13.1 Å². The van der Waals surface area contributed by atoms with Crippen molar-refractivity contribution < 1.29 is 0 Å². The number of nitrogen functional groups attached to an aromatic ring is 1. The summed E-state index contributed by atoms with van der Waals surface area (Å²) in [6, 6.07) is 1.87. The van der Waals surface area contributed by atoms with Crippen LogP contribution in [-0.4, -0.2) is 19.7 Å². The number of imidazole rings is 1. The molecule has 2 aromatic rings. The lowest BCUT2D eigenvalue weighted by molar-refractivity contribution is 0.771. The standard InChI is InChI=1S/C7H9N5/c1-12-5(2-3-10-12)7-9-4-6(8)11-7/h2-4H,8H2,1H3,(H,9,11). The highest BCUT2D eigenvalue weighted by atomic mass is 15.3. The number of aryl methyl sites for hydroxylation is 1. The zero-order valence-electron chi connectivity index (χ0n) is 6.65. The molecule has 2 aromatic heterocycles. The first-order chi connectivity index (χ1) is 5.77. The summed E-state index contributed by atoms with van der Waals surface area (Å²) in [5, 5.41) is 4.02. The van der Waals surface area contributed by atoms with Gasteiger partial charge < -0.3 is 10.7 Å². The molecule has 5 heteroatoms. The van der Waals surface area contributed by atoms with Crippen molar-refractivity contribution in [1.82, 2.24) is 19.7 Å². The van der Waals surface area contributed by atoms with Crippen molar-refractivity contribution in [1.29, 1.82) is 0 Å². The Morgan fingerprint density at radius 2 is 2.42 bits per heavy atom. The molecule has 2 heterocycles. The average Bonchev–Trinajstić information content (AvgIpc) is 2.58. The van der Waals surface area contributed by atoms with Gasteiger partial charge in [-0.1, -0.05) is 0 Å². The first-order valence-electron chi connectivity index (χ1n) is 3.56. The Bertz CT molecular complexity index is 386. The minimum atomic E-state index is 0.561. The van der Waals surface area contributed by atoms with Crippen molar-refractivity contribution >= 4 is 5.82 Å². The fourth-order valence-corrected chi connectivity index (χ4v) is 1.07. The van der Waals surface area contributed by atoms with E-state index in [1.54, 1.807) is 17.1 Å². The Morgan fingerprint density at radius 1 is 1.58 bits per heavy atom.